The van der Waals surface area contributed by atoms with Crippen LogP contribution in [0.2, 0.25) is 0 Å². The van der Waals surface area contributed by atoms with E-state index in [9.17, 15) is 4.39 Å². The number of para-hydroxylation sites is 1. The van der Waals surface area contributed by atoms with Crippen LogP contribution in [0, 0.1) is 9.39 Å². The van der Waals surface area contributed by atoms with Crippen LogP contribution >= 0.6 is 22.6 Å². The molecular weight excluding hydrogens is 330 g/mol. The molecule has 0 aromatic heterocycles. The minimum absolute atomic E-state index is 0.187. The predicted molar refractivity (Wildman–Crippen MR) is 76.0 cm³/mol. The van der Waals surface area contributed by atoms with Crippen LogP contribution in [0.3, 0.4) is 0 Å². The fraction of sp³-hybridized carbons (Fsp3) is 0.0769. The van der Waals surface area contributed by atoms with Gasteiger partial charge in [0.05, 0.1) is 0 Å². The number of nitrogens with one attached hydrogen (secondary N) is 2. The Labute approximate surface area is 113 Å². The topological polar surface area (TPSA) is 24.1 Å². The maximum atomic E-state index is 13.4. The molecule has 0 spiro atoms. The first-order valence-electron chi connectivity index (χ1n) is 5.23. The third-order valence-electron chi connectivity index (χ3n) is 2.29. The van der Waals surface area contributed by atoms with Crippen LogP contribution in [0.1, 0.15) is 5.56 Å². The van der Waals surface area contributed by atoms with Crippen molar-refractivity contribution in [2.45, 2.75) is 6.54 Å². The molecule has 4 heteroatoms. The fourth-order valence-corrected chi connectivity index (χ4v) is 2.00. The van der Waals surface area contributed by atoms with Crippen molar-refractivity contribution in [3.63, 3.8) is 0 Å². The van der Waals surface area contributed by atoms with Crippen molar-refractivity contribution in [3.05, 3.63) is 63.5 Å². The molecule has 0 aliphatic heterocycles. The molecule has 2 nitrogen and oxygen atoms in total. The molecule has 2 aromatic carbocycles. The maximum absolute atomic E-state index is 13.4. The van der Waals surface area contributed by atoms with Crippen LogP contribution in [0.15, 0.2) is 48.5 Å². The zero-order valence-electron chi connectivity index (χ0n) is 9.08. The van der Waals surface area contributed by atoms with E-state index < -0.39 is 0 Å². The predicted octanol–water partition coefficient (Wildman–Crippen LogP) is 3.55. The van der Waals surface area contributed by atoms with Gasteiger partial charge in [-0.05, 0) is 52.9 Å². The van der Waals surface area contributed by atoms with Gasteiger partial charge in [-0.25, -0.2) is 9.82 Å². The zero-order chi connectivity index (χ0) is 12.1. The zero-order valence-corrected chi connectivity index (χ0v) is 11.2. The van der Waals surface area contributed by atoms with E-state index in [0.29, 0.717) is 12.1 Å². The molecule has 17 heavy (non-hydrogen) atoms. The van der Waals surface area contributed by atoms with Crippen LogP contribution < -0.4 is 10.9 Å². The summed E-state index contributed by atoms with van der Waals surface area (Å²) < 4.78 is 14.5. The molecule has 2 rings (SSSR count). The minimum Gasteiger partial charge on any atom is -0.321 e. The highest BCUT2D eigenvalue weighted by Gasteiger charge is 2.01. The number of hydrazine groups is 1. The second-order valence-corrected chi connectivity index (χ2v) is 4.83. The Hall–Kier alpha value is -1.14. The van der Waals surface area contributed by atoms with Gasteiger partial charge in [0, 0.05) is 21.4 Å². The molecule has 0 unspecified atom stereocenters. The molecule has 0 bridgehead atoms. The molecule has 0 aliphatic carbocycles. The Morgan fingerprint density at radius 1 is 1.06 bits per heavy atom. The first-order valence-corrected chi connectivity index (χ1v) is 6.31. The fourth-order valence-electron chi connectivity index (χ4n) is 1.44. The van der Waals surface area contributed by atoms with E-state index in [1.807, 2.05) is 36.4 Å². The van der Waals surface area contributed by atoms with E-state index in [1.54, 1.807) is 6.07 Å². The van der Waals surface area contributed by atoms with Gasteiger partial charge in [0.1, 0.15) is 5.82 Å². The van der Waals surface area contributed by atoms with E-state index in [-0.39, 0.29) is 5.82 Å². The molecule has 2 aromatic rings. The molecule has 0 saturated heterocycles. The lowest BCUT2D eigenvalue weighted by Gasteiger charge is -2.09. The summed E-state index contributed by atoms with van der Waals surface area (Å²) in [5, 5.41) is 0. The van der Waals surface area contributed by atoms with Gasteiger partial charge in [0.15, 0.2) is 0 Å². The van der Waals surface area contributed by atoms with Crippen molar-refractivity contribution in [2.75, 3.05) is 5.43 Å². The highest BCUT2D eigenvalue weighted by molar-refractivity contribution is 14.1. The summed E-state index contributed by atoms with van der Waals surface area (Å²) in [6.45, 7) is 0.442. The first kappa shape index (κ1) is 12.3. The van der Waals surface area contributed by atoms with Gasteiger partial charge in [-0.3, -0.25) is 0 Å². The Kier molecular flexibility index (Phi) is 4.33. The summed E-state index contributed by atoms with van der Waals surface area (Å²) in [5.74, 6) is -0.187. The molecule has 2 N–H and O–H groups in total. The molecule has 0 atom stereocenters. The number of hydrogen-bond acceptors (Lipinski definition) is 2. The number of anilines is 1. The summed E-state index contributed by atoms with van der Waals surface area (Å²) >= 11 is 2.17. The Balaban J connectivity index is 1.92. The second-order valence-electron chi connectivity index (χ2n) is 3.58. The van der Waals surface area contributed by atoms with Crippen LogP contribution in [0.25, 0.3) is 0 Å². The third kappa shape index (κ3) is 3.67. The largest absolute Gasteiger partial charge is 0.321 e. The smallest absolute Gasteiger partial charge is 0.127 e. The normalized spacial score (nSPS) is 10.2. The molecule has 0 heterocycles. The molecule has 88 valence electrons. The summed E-state index contributed by atoms with van der Waals surface area (Å²) in [7, 11) is 0. The van der Waals surface area contributed by atoms with Crippen molar-refractivity contribution in [1.29, 1.82) is 0 Å². The Bertz CT molecular complexity index is 488. The average Bonchev–Trinajstić information content (AvgIpc) is 2.35. The van der Waals surface area contributed by atoms with Gasteiger partial charge in [-0.1, -0.05) is 18.2 Å². The average molecular weight is 342 g/mol. The first-order chi connectivity index (χ1) is 8.25. The highest BCUT2D eigenvalue weighted by atomic mass is 127. The van der Waals surface area contributed by atoms with Gasteiger partial charge >= 0.3 is 0 Å². The van der Waals surface area contributed by atoms with E-state index in [1.165, 1.54) is 6.07 Å². The van der Waals surface area contributed by atoms with Crippen LogP contribution in [-0.4, -0.2) is 0 Å². The van der Waals surface area contributed by atoms with Crippen LogP contribution in [0.4, 0.5) is 10.1 Å². The number of halogens is 2. The monoisotopic (exact) mass is 342 g/mol. The van der Waals surface area contributed by atoms with Gasteiger partial charge in [0.25, 0.3) is 0 Å². The summed E-state index contributed by atoms with van der Waals surface area (Å²) in [4.78, 5) is 0. The van der Waals surface area contributed by atoms with Crippen molar-refractivity contribution in [1.82, 2.24) is 5.43 Å². The number of benzene rings is 2. The van der Waals surface area contributed by atoms with Crippen LogP contribution in [0.5, 0.6) is 0 Å². The standard InChI is InChI=1S/C13H12FIN2/c14-13-7-6-11(15)8-10(13)9-16-17-12-4-2-1-3-5-12/h1-8,16-17H,9H2. The van der Waals surface area contributed by atoms with Crippen molar-refractivity contribution in [2.24, 2.45) is 0 Å². The third-order valence-corrected chi connectivity index (χ3v) is 2.96. The van der Waals surface area contributed by atoms with E-state index in [0.717, 1.165) is 9.26 Å². The number of rotatable bonds is 4. The van der Waals surface area contributed by atoms with E-state index >= 15 is 0 Å². The quantitative estimate of drug-likeness (QED) is 0.656. The van der Waals surface area contributed by atoms with Gasteiger partial charge in [-0.15, -0.1) is 0 Å². The highest BCUT2D eigenvalue weighted by Crippen LogP contribution is 2.12. The maximum Gasteiger partial charge on any atom is 0.127 e. The Morgan fingerprint density at radius 3 is 2.59 bits per heavy atom. The van der Waals surface area contributed by atoms with Crippen molar-refractivity contribution < 1.29 is 4.39 Å². The van der Waals surface area contributed by atoms with Crippen molar-refractivity contribution >= 4 is 28.3 Å². The molecule has 0 aliphatic rings. The molecular formula is C13H12FIN2. The van der Waals surface area contributed by atoms with Gasteiger partial charge < -0.3 is 5.43 Å². The second kappa shape index (κ2) is 5.97. The summed E-state index contributed by atoms with van der Waals surface area (Å²) in [5.41, 5.74) is 7.62. The molecule has 0 amide bonds. The van der Waals surface area contributed by atoms with Gasteiger partial charge in [-0.2, -0.15) is 0 Å². The lowest BCUT2D eigenvalue weighted by Crippen LogP contribution is -2.21. The molecule has 0 radical (unpaired) electrons. The SMILES string of the molecule is Fc1ccc(I)cc1CNNc1ccccc1. The summed E-state index contributed by atoms with van der Waals surface area (Å²) in [6, 6.07) is 14.8. The summed E-state index contributed by atoms with van der Waals surface area (Å²) in [6.07, 6.45) is 0. The molecule has 0 saturated carbocycles. The van der Waals surface area contributed by atoms with Gasteiger partial charge in [0.2, 0.25) is 0 Å². The molecule has 0 fully saturated rings. The lowest BCUT2D eigenvalue weighted by molar-refractivity contribution is 0.599. The lowest BCUT2D eigenvalue weighted by atomic mass is 10.2. The van der Waals surface area contributed by atoms with E-state index in [2.05, 4.69) is 33.4 Å². The minimum atomic E-state index is -0.187. The van der Waals surface area contributed by atoms with Crippen molar-refractivity contribution in [3.8, 4) is 0 Å². The van der Waals surface area contributed by atoms with Crippen LogP contribution in [-0.2, 0) is 6.54 Å². The van der Waals surface area contributed by atoms with E-state index in [4.69, 9.17) is 0 Å². The Morgan fingerprint density at radius 2 is 1.82 bits per heavy atom. The number of hydrogen-bond donors (Lipinski definition) is 2.